The Hall–Kier alpha value is -2.56. The monoisotopic (exact) mass is 242 g/mol. The summed E-state index contributed by atoms with van der Waals surface area (Å²) in [7, 11) is 0. The zero-order chi connectivity index (χ0) is 12.8. The van der Waals surface area contributed by atoms with Gasteiger partial charge >= 0.3 is 0 Å². The smallest absolute Gasteiger partial charge is 0.189 e. The largest absolute Gasteiger partial charge is 0.409 e. The third kappa shape index (κ3) is 2.76. The van der Waals surface area contributed by atoms with Crippen LogP contribution < -0.4 is 11.1 Å². The highest BCUT2D eigenvalue weighted by atomic mass is 16.4. The topological polar surface area (TPSA) is 83.5 Å². The van der Waals surface area contributed by atoms with E-state index in [1.165, 1.54) is 0 Å². The van der Waals surface area contributed by atoms with E-state index in [0.29, 0.717) is 12.2 Å². The summed E-state index contributed by atoms with van der Waals surface area (Å²) in [5.74, 6) is 0.0143. The molecule has 0 saturated carbocycles. The first kappa shape index (κ1) is 11.9. The van der Waals surface area contributed by atoms with Crippen LogP contribution in [0.2, 0.25) is 0 Å². The van der Waals surface area contributed by atoms with Gasteiger partial charge in [0.1, 0.15) is 5.69 Å². The number of oxime groups is 1. The maximum atomic E-state index is 8.70. The van der Waals surface area contributed by atoms with Gasteiger partial charge in [0.15, 0.2) is 5.84 Å². The van der Waals surface area contributed by atoms with Gasteiger partial charge in [-0.3, -0.25) is 4.98 Å². The summed E-state index contributed by atoms with van der Waals surface area (Å²) in [4.78, 5) is 4.11. The molecular weight excluding hydrogens is 228 g/mol. The molecule has 2 rings (SSSR count). The van der Waals surface area contributed by atoms with Gasteiger partial charge < -0.3 is 16.3 Å². The van der Waals surface area contributed by atoms with Crippen LogP contribution in [0.4, 0.5) is 5.69 Å². The number of benzene rings is 1. The number of nitrogens with two attached hydrogens (primary N) is 1. The third-order valence-electron chi connectivity index (χ3n) is 2.50. The van der Waals surface area contributed by atoms with Crippen molar-refractivity contribution < 1.29 is 5.21 Å². The van der Waals surface area contributed by atoms with Crippen LogP contribution in [0.3, 0.4) is 0 Å². The molecule has 18 heavy (non-hydrogen) atoms. The molecule has 0 spiro atoms. The van der Waals surface area contributed by atoms with Crippen molar-refractivity contribution in [3.8, 4) is 0 Å². The van der Waals surface area contributed by atoms with Crippen LogP contribution in [0.1, 0.15) is 11.3 Å². The fourth-order valence-electron chi connectivity index (χ4n) is 1.61. The summed E-state index contributed by atoms with van der Waals surface area (Å²) in [5.41, 5.74) is 7.94. The van der Waals surface area contributed by atoms with Crippen LogP contribution in [-0.4, -0.2) is 16.0 Å². The van der Waals surface area contributed by atoms with Gasteiger partial charge in [0, 0.05) is 24.0 Å². The Morgan fingerprint density at radius 3 is 2.72 bits per heavy atom. The van der Waals surface area contributed by atoms with Crippen LogP contribution in [0.25, 0.3) is 0 Å². The molecule has 2 aromatic rings. The van der Waals surface area contributed by atoms with E-state index < -0.39 is 0 Å². The lowest BCUT2D eigenvalue weighted by molar-refractivity contribution is 0.318. The van der Waals surface area contributed by atoms with Crippen LogP contribution in [0.5, 0.6) is 0 Å². The molecule has 1 heterocycles. The Kier molecular flexibility index (Phi) is 3.76. The lowest BCUT2D eigenvalue weighted by Crippen LogP contribution is -2.18. The first-order valence-corrected chi connectivity index (χ1v) is 5.52. The molecule has 0 unspecified atom stereocenters. The highest BCUT2D eigenvalue weighted by Crippen LogP contribution is 2.10. The molecule has 0 radical (unpaired) electrons. The highest BCUT2D eigenvalue weighted by Gasteiger charge is 2.07. The first-order valence-electron chi connectivity index (χ1n) is 5.52. The van der Waals surface area contributed by atoms with Crippen molar-refractivity contribution in [2.45, 2.75) is 6.54 Å². The lowest BCUT2D eigenvalue weighted by atomic mass is 10.1. The van der Waals surface area contributed by atoms with E-state index in [9.17, 15) is 0 Å². The van der Waals surface area contributed by atoms with Gasteiger partial charge in [-0.05, 0) is 18.2 Å². The summed E-state index contributed by atoms with van der Waals surface area (Å²) in [6.07, 6.45) is 1.61. The number of nitrogens with zero attached hydrogens (tertiary/aromatic N) is 2. The zero-order valence-electron chi connectivity index (χ0n) is 9.74. The van der Waals surface area contributed by atoms with Crippen molar-refractivity contribution in [3.63, 3.8) is 0 Å². The van der Waals surface area contributed by atoms with E-state index in [0.717, 1.165) is 11.3 Å². The number of anilines is 1. The summed E-state index contributed by atoms with van der Waals surface area (Å²) >= 11 is 0. The van der Waals surface area contributed by atoms with Crippen LogP contribution in [0, 0.1) is 0 Å². The minimum Gasteiger partial charge on any atom is -0.409 e. The number of rotatable bonds is 4. The Labute approximate surface area is 105 Å². The van der Waals surface area contributed by atoms with Crippen LogP contribution in [-0.2, 0) is 6.54 Å². The molecule has 1 aromatic carbocycles. The zero-order valence-corrected chi connectivity index (χ0v) is 9.74. The Morgan fingerprint density at radius 2 is 2.00 bits per heavy atom. The second kappa shape index (κ2) is 5.67. The van der Waals surface area contributed by atoms with Crippen molar-refractivity contribution in [3.05, 3.63) is 59.9 Å². The molecule has 0 atom stereocenters. The fraction of sp³-hybridized carbons (Fsp3) is 0.0769. The van der Waals surface area contributed by atoms with Crippen molar-refractivity contribution in [1.29, 1.82) is 0 Å². The van der Waals surface area contributed by atoms with E-state index in [1.807, 2.05) is 42.5 Å². The molecule has 5 nitrogen and oxygen atoms in total. The van der Waals surface area contributed by atoms with Gasteiger partial charge in [0.2, 0.25) is 0 Å². The molecule has 0 amide bonds. The highest BCUT2D eigenvalue weighted by molar-refractivity contribution is 5.96. The average molecular weight is 242 g/mol. The molecular formula is C13H14N4O. The van der Waals surface area contributed by atoms with E-state index >= 15 is 0 Å². The maximum Gasteiger partial charge on any atom is 0.189 e. The Morgan fingerprint density at radius 1 is 1.22 bits per heavy atom. The minimum atomic E-state index is 0.0143. The number of hydrogen-bond donors (Lipinski definition) is 3. The molecule has 1 aromatic heterocycles. The number of para-hydroxylation sites is 1. The number of nitrogens with one attached hydrogen (secondary N) is 1. The van der Waals surface area contributed by atoms with Crippen LogP contribution >= 0.6 is 0 Å². The normalized spacial score (nSPS) is 11.2. The summed E-state index contributed by atoms with van der Waals surface area (Å²) < 4.78 is 0. The molecule has 0 aliphatic heterocycles. The van der Waals surface area contributed by atoms with E-state index in [-0.39, 0.29) is 5.84 Å². The van der Waals surface area contributed by atoms with Gasteiger partial charge in [0.05, 0.1) is 0 Å². The lowest BCUT2D eigenvalue weighted by Gasteiger charge is -2.09. The fourth-order valence-corrected chi connectivity index (χ4v) is 1.61. The number of aromatic nitrogens is 1. The number of hydrogen-bond acceptors (Lipinski definition) is 4. The summed E-state index contributed by atoms with van der Waals surface area (Å²) in [5, 5.41) is 14.9. The molecule has 0 fully saturated rings. The SMILES string of the molecule is N/C(=N\O)c1ncccc1CNc1ccccc1. The predicted molar refractivity (Wildman–Crippen MR) is 70.5 cm³/mol. The molecule has 0 aliphatic carbocycles. The number of amidine groups is 1. The van der Waals surface area contributed by atoms with Crippen molar-refractivity contribution in [2.75, 3.05) is 5.32 Å². The van der Waals surface area contributed by atoms with Crippen LogP contribution in [0.15, 0.2) is 53.8 Å². The van der Waals surface area contributed by atoms with E-state index in [2.05, 4.69) is 15.5 Å². The number of pyridine rings is 1. The van der Waals surface area contributed by atoms with Crippen molar-refractivity contribution in [1.82, 2.24) is 4.98 Å². The Bertz CT molecular complexity index is 540. The van der Waals surface area contributed by atoms with Gasteiger partial charge in [-0.15, -0.1) is 0 Å². The standard InChI is InChI=1S/C13H14N4O/c14-13(17-18)12-10(5-4-8-15-12)9-16-11-6-2-1-3-7-11/h1-8,16,18H,9H2,(H2,14,17). The quantitative estimate of drug-likeness (QED) is 0.330. The molecule has 92 valence electrons. The second-order valence-corrected chi connectivity index (χ2v) is 3.72. The summed E-state index contributed by atoms with van der Waals surface area (Å²) in [6, 6.07) is 13.5. The second-order valence-electron chi connectivity index (χ2n) is 3.72. The molecule has 0 bridgehead atoms. The molecule has 5 heteroatoms. The van der Waals surface area contributed by atoms with Gasteiger partial charge in [-0.1, -0.05) is 29.4 Å². The van der Waals surface area contributed by atoms with Gasteiger partial charge in [0.25, 0.3) is 0 Å². The Balaban J connectivity index is 2.15. The minimum absolute atomic E-state index is 0.0143. The maximum absolute atomic E-state index is 8.70. The third-order valence-corrected chi connectivity index (χ3v) is 2.50. The molecule has 0 saturated heterocycles. The van der Waals surface area contributed by atoms with Crippen molar-refractivity contribution in [2.24, 2.45) is 10.9 Å². The first-order chi connectivity index (χ1) is 8.81. The predicted octanol–water partition coefficient (Wildman–Crippen LogP) is 1.79. The average Bonchev–Trinajstić information content (AvgIpc) is 2.45. The molecule has 4 N–H and O–H groups in total. The van der Waals surface area contributed by atoms with Gasteiger partial charge in [-0.25, -0.2) is 0 Å². The van der Waals surface area contributed by atoms with E-state index in [4.69, 9.17) is 10.9 Å². The van der Waals surface area contributed by atoms with Crippen molar-refractivity contribution >= 4 is 11.5 Å². The molecule has 0 aliphatic rings. The summed E-state index contributed by atoms with van der Waals surface area (Å²) in [6.45, 7) is 0.559. The van der Waals surface area contributed by atoms with Gasteiger partial charge in [-0.2, -0.15) is 0 Å². The van der Waals surface area contributed by atoms with E-state index in [1.54, 1.807) is 6.20 Å².